The molecule has 3 heterocycles. The van der Waals surface area contributed by atoms with Crippen LogP contribution in [0.25, 0.3) is 11.3 Å². The third-order valence-corrected chi connectivity index (χ3v) is 5.19. The molecule has 1 aliphatic heterocycles. The van der Waals surface area contributed by atoms with Gasteiger partial charge < -0.3 is 19.5 Å². The number of anilines is 1. The molecule has 2 aromatic heterocycles. The van der Waals surface area contributed by atoms with Crippen molar-refractivity contribution in [2.24, 2.45) is 0 Å². The van der Waals surface area contributed by atoms with Gasteiger partial charge in [0, 0.05) is 43.5 Å². The summed E-state index contributed by atoms with van der Waals surface area (Å²) >= 11 is 0. The lowest BCUT2D eigenvalue weighted by molar-refractivity contribution is -0.144. The number of aromatic amines is 1. The lowest BCUT2D eigenvalue weighted by atomic mass is 10.1. The van der Waals surface area contributed by atoms with Crippen molar-refractivity contribution in [3.8, 4) is 11.3 Å². The Kier molecular flexibility index (Phi) is 6.08. The van der Waals surface area contributed by atoms with Crippen molar-refractivity contribution in [1.29, 1.82) is 0 Å². The van der Waals surface area contributed by atoms with Gasteiger partial charge in [0.15, 0.2) is 11.9 Å². The number of hydrogen-bond acceptors (Lipinski definition) is 5. The van der Waals surface area contributed by atoms with E-state index >= 15 is 0 Å². The van der Waals surface area contributed by atoms with Gasteiger partial charge in [-0.3, -0.25) is 14.7 Å². The molecule has 1 aliphatic rings. The molecule has 0 saturated carbocycles. The third kappa shape index (κ3) is 4.80. The van der Waals surface area contributed by atoms with Crippen molar-refractivity contribution in [3.05, 3.63) is 54.4 Å². The van der Waals surface area contributed by atoms with Crippen molar-refractivity contribution in [1.82, 2.24) is 24.6 Å². The van der Waals surface area contributed by atoms with Gasteiger partial charge in [-0.1, -0.05) is 12.1 Å². The molecule has 162 valence electrons. The second kappa shape index (κ2) is 9.09. The summed E-state index contributed by atoms with van der Waals surface area (Å²) in [5.74, 6) is 0.261. The van der Waals surface area contributed by atoms with E-state index in [4.69, 9.17) is 4.74 Å². The molecule has 2 N–H and O–H groups in total. The molecule has 0 radical (unpaired) electrons. The summed E-state index contributed by atoms with van der Waals surface area (Å²) in [6, 6.07) is 7.84. The van der Waals surface area contributed by atoms with Crippen molar-refractivity contribution in [3.63, 3.8) is 0 Å². The standard InChI is InChI=1S/C21H23FN6O3/c1-14-23-7-9-27(14)8-6-20(29)28-10-11-31-18(13-28)21(30)24-19-12-17(25-26-19)15-4-2-3-5-16(15)22/h2-5,7,9,12,18H,6,8,10-11,13H2,1H3,(H2,24,25,26,30). The molecule has 10 heteroatoms. The normalized spacial score (nSPS) is 16.3. The van der Waals surface area contributed by atoms with E-state index in [2.05, 4.69) is 20.5 Å². The number of halogens is 1. The van der Waals surface area contributed by atoms with Crippen molar-refractivity contribution in [2.75, 3.05) is 25.0 Å². The summed E-state index contributed by atoms with van der Waals surface area (Å²) in [7, 11) is 0. The van der Waals surface area contributed by atoms with E-state index in [1.807, 2.05) is 17.7 Å². The van der Waals surface area contributed by atoms with Crippen LogP contribution in [-0.4, -0.2) is 62.3 Å². The third-order valence-electron chi connectivity index (χ3n) is 5.19. The molecule has 1 atom stereocenters. The minimum atomic E-state index is -0.804. The number of imidazole rings is 1. The van der Waals surface area contributed by atoms with Gasteiger partial charge in [-0.15, -0.1) is 0 Å². The summed E-state index contributed by atoms with van der Waals surface area (Å²) < 4.78 is 21.4. The molecule has 31 heavy (non-hydrogen) atoms. The zero-order valence-corrected chi connectivity index (χ0v) is 17.0. The zero-order chi connectivity index (χ0) is 21.8. The second-order valence-electron chi connectivity index (χ2n) is 7.25. The summed E-state index contributed by atoms with van der Waals surface area (Å²) in [4.78, 5) is 31.0. The number of hydrogen-bond donors (Lipinski definition) is 2. The topological polar surface area (TPSA) is 105 Å². The van der Waals surface area contributed by atoms with Gasteiger partial charge in [-0.2, -0.15) is 5.10 Å². The van der Waals surface area contributed by atoms with Gasteiger partial charge in [0.25, 0.3) is 5.91 Å². The molecule has 1 fully saturated rings. The van der Waals surface area contributed by atoms with Crippen LogP contribution >= 0.6 is 0 Å². The molecule has 1 aromatic carbocycles. The van der Waals surface area contributed by atoms with E-state index in [1.165, 1.54) is 6.07 Å². The molecule has 1 saturated heterocycles. The maximum Gasteiger partial charge on any atom is 0.256 e. The summed E-state index contributed by atoms with van der Waals surface area (Å²) in [5, 5.41) is 9.40. The first-order valence-corrected chi connectivity index (χ1v) is 9.99. The van der Waals surface area contributed by atoms with Crippen molar-refractivity contribution < 1.29 is 18.7 Å². The number of carbonyl (C=O) groups excluding carboxylic acids is 2. The number of rotatable bonds is 6. The van der Waals surface area contributed by atoms with E-state index in [1.54, 1.807) is 35.4 Å². The minimum Gasteiger partial charge on any atom is -0.365 e. The Morgan fingerprint density at radius 3 is 2.97 bits per heavy atom. The molecule has 1 unspecified atom stereocenters. The molecular formula is C21H23FN6O3. The van der Waals surface area contributed by atoms with Gasteiger partial charge in [-0.25, -0.2) is 9.37 Å². The molecule has 3 aromatic rings. The number of nitrogens with zero attached hydrogens (tertiary/aromatic N) is 4. The van der Waals surface area contributed by atoms with Gasteiger partial charge in [0.2, 0.25) is 5.91 Å². The molecule has 0 aliphatic carbocycles. The van der Waals surface area contributed by atoms with Crippen LogP contribution in [0, 0.1) is 12.7 Å². The van der Waals surface area contributed by atoms with Gasteiger partial charge in [-0.05, 0) is 19.1 Å². The van der Waals surface area contributed by atoms with Crippen LogP contribution in [0.1, 0.15) is 12.2 Å². The number of amides is 2. The summed E-state index contributed by atoms with van der Waals surface area (Å²) in [6.07, 6.45) is 3.04. The predicted molar refractivity (Wildman–Crippen MR) is 111 cm³/mol. The number of ether oxygens (including phenoxy) is 1. The SMILES string of the molecule is Cc1nccn1CCC(=O)N1CCOC(C(=O)Nc2cc(-c3ccccc3F)[nH]n2)C1. The lowest BCUT2D eigenvalue weighted by Crippen LogP contribution is -2.50. The Hall–Kier alpha value is -3.53. The number of carbonyl (C=O) groups is 2. The Bertz CT molecular complexity index is 1080. The fraction of sp³-hybridized carbons (Fsp3) is 0.333. The number of aryl methyl sites for hydroxylation is 2. The molecule has 2 amide bonds. The van der Waals surface area contributed by atoms with Gasteiger partial charge in [0.05, 0.1) is 18.8 Å². The van der Waals surface area contributed by atoms with Crippen LogP contribution in [0.4, 0.5) is 10.2 Å². The monoisotopic (exact) mass is 426 g/mol. The van der Waals surface area contributed by atoms with Crippen LogP contribution in [0.15, 0.2) is 42.7 Å². The maximum atomic E-state index is 13.9. The van der Waals surface area contributed by atoms with E-state index in [0.717, 1.165) is 5.82 Å². The van der Waals surface area contributed by atoms with Crippen LogP contribution in [0.2, 0.25) is 0 Å². The molecule has 9 nitrogen and oxygen atoms in total. The highest BCUT2D eigenvalue weighted by Gasteiger charge is 2.29. The highest BCUT2D eigenvalue weighted by atomic mass is 19.1. The van der Waals surface area contributed by atoms with Gasteiger partial charge >= 0.3 is 0 Å². The smallest absolute Gasteiger partial charge is 0.256 e. The largest absolute Gasteiger partial charge is 0.365 e. The number of H-pyrrole nitrogens is 1. The Morgan fingerprint density at radius 1 is 1.35 bits per heavy atom. The highest BCUT2D eigenvalue weighted by Crippen LogP contribution is 2.22. The second-order valence-corrected chi connectivity index (χ2v) is 7.25. The number of nitrogens with one attached hydrogen (secondary N) is 2. The van der Waals surface area contributed by atoms with Gasteiger partial charge in [0.1, 0.15) is 11.6 Å². The van der Waals surface area contributed by atoms with E-state index < -0.39 is 12.0 Å². The lowest BCUT2D eigenvalue weighted by Gasteiger charge is -2.32. The van der Waals surface area contributed by atoms with E-state index in [9.17, 15) is 14.0 Å². The maximum absolute atomic E-state index is 13.9. The average Bonchev–Trinajstić information content (AvgIpc) is 3.41. The minimum absolute atomic E-state index is 0.0455. The van der Waals surface area contributed by atoms with Crippen molar-refractivity contribution >= 4 is 17.6 Å². The fourth-order valence-electron chi connectivity index (χ4n) is 3.46. The van der Waals surface area contributed by atoms with E-state index in [-0.39, 0.29) is 30.7 Å². The molecule has 0 spiro atoms. The Balaban J connectivity index is 1.33. The number of aromatic nitrogens is 4. The fourth-order valence-corrected chi connectivity index (χ4v) is 3.46. The first-order valence-electron chi connectivity index (χ1n) is 9.99. The molecule has 4 rings (SSSR count). The first-order chi connectivity index (χ1) is 15.0. The predicted octanol–water partition coefficient (Wildman–Crippen LogP) is 1.98. The quantitative estimate of drug-likeness (QED) is 0.627. The van der Waals surface area contributed by atoms with Crippen LogP contribution < -0.4 is 5.32 Å². The zero-order valence-electron chi connectivity index (χ0n) is 17.0. The Labute approximate surface area is 178 Å². The molecular weight excluding hydrogens is 403 g/mol. The van der Waals surface area contributed by atoms with Crippen LogP contribution in [0.3, 0.4) is 0 Å². The highest BCUT2D eigenvalue weighted by molar-refractivity contribution is 5.94. The van der Waals surface area contributed by atoms with E-state index in [0.29, 0.717) is 30.8 Å². The van der Waals surface area contributed by atoms with Crippen LogP contribution in [-0.2, 0) is 20.9 Å². The summed E-state index contributed by atoms with van der Waals surface area (Å²) in [5.41, 5.74) is 0.805. The molecule has 0 bridgehead atoms. The first kappa shape index (κ1) is 20.7. The Morgan fingerprint density at radius 2 is 2.19 bits per heavy atom. The number of morpholine rings is 1. The summed E-state index contributed by atoms with van der Waals surface area (Å²) in [6.45, 7) is 3.29. The van der Waals surface area contributed by atoms with Crippen LogP contribution in [0.5, 0.6) is 0 Å². The number of benzene rings is 1. The van der Waals surface area contributed by atoms with Crippen molar-refractivity contribution in [2.45, 2.75) is 26.0 Å². The average molecular weight is 426 g/mol.